The number of amides is 2. The Labute approximate surface area is 248 Å². The monoisotopic (exact) mass is 633 g/mol. The smallest absolute Gasteiger partial charge is 0.234 e. The molecule has 2 N–H and O–H groups in total. The lowest BCUT2D eigenvalue weighted by Gasteiger charge is -2.04. The second kappa shape index (κ2) is 13.1. The summed E-state index contributed by atoms with van der Waals surface area (Å²) in [6, 6.07) is 12.6. The highest BCUT2D eigenvalue weighted by Crippen LogP contribution is 2.28. The molecular weight excluding hydrogens is 615 g/mol. The van der Waals surface area contributed by atoms with Crippen molar-refractivity contribution in [1.29, 1.82) is 0 Å². The van der Waals surface area contributed by atoms with Crippen LogP contribution in [0.25, 0.3) is 22.6 Å². The number of carbonyl (C=O) groups is 2. The predicted molar refractivity (Wildman–Crippen MR) is 162 cm³/mol. The lowest BCUT2D eigenvalue weighted by molar-refractivity contribution is -0.114. The summed E-state index contributed by atoms with van der Waals surface area (Å²) < 4.78 is 15.8. The van der Waals surface area contributed by atoms with Gasteiger partial charge in [0.2, 0.25) is 28.0 Å². The first kappa shape index (κ1) is 27.9. The highest BCUT2D eigenvalue weighted by molar-refractivity contribution is 8.02. The van der Waals surface area contributed by atoms with Gasteiger partial charge in [-0.05, 0) is 78.0 Å². The zero-order chi connectivity index (χ0) is 27.2. The first-order chi connectivity index (χ1) is 19.0. The fourth-order valence-electron chi connectivity index (χ4n) is 3.15. The SMILES string of the molecule is CSc1nsc(SCC(=O)Nc2ccc(-c3nc4cc(NC(=O)CSc5nc(SC)ns5)ccc4o3)cc2)n1. The van der Waals surface area contributed by atoms with Crippen LogP contribution in [-0.2, 0) is 9.59 Å². The van der Waals surface area contributed by atoms with E-state index in [9.17, 15) is 9.59 Å². The first-order valence-electron chi connectivity index (χ1n) is 11.1. The maximum absolute atomic E-state index is 12.4. The number of nitrogens with one attached hydrogen (secondary N) is 2. The van der Waals surface area contributed by atoms with E-state index >= 15 is 0 Å². The van der Waals surface area contributed by atoms with Gasteiger partial charge in [-0.25, -0.2) is 15.0 Å². The Morgan fingerprint density at radius 2 is 1.36 bits per heavy atom. The molecule has 0 fully saturated rings. The van der Waals surface area contributed by atoms with Crippen molar-refractivity contribution < 1.29 is 14.0 Å². The number of anilines is 2. The van der Waals surface area contributed by atoms with Crippen LogP contribution in [0.5, 0.6) is 0 Å². The van der Waals surface area contributed by atoms with Crippen molar-refractivity contribution in [3.8, 4) is 11.5 Å². The van der Waals surface area contributed by atoms with Gasteiger partial charge in [0.15, 0.2) is 14.3 Å². The summed E-state index contributed by atoms with van der Waals surface area (Å²) in [5, 5.41) is 7.18. The van der Waals surface area contributed by atoms with Crippen LogP contribution in [0, 0.1) is 0 Å². The van der Waals surface area contributed by atoms with Gasteiger partial charge < -0.3 is 15.1 Å². The van der Waals surface area contributed by atoms with Gasteiger partial charge in [-0.15, -0.1) is 0 Å². The Morgan fingerprint density at radius 1 is 0.795 bits per heavy atom. The third kappa shape index (κ3) is 7.52. The van der Waals surface area contributed by atoms with E-state index in [4.69, 9.17) is 4.42 Å². The molecule has 0 saturated heterocycles. The molecule has 0 aliphatic carbocycles. The topological polar surface area (TPSA) is 136 Å². The Morgan fingerprint density at radius 3 is 1.92 bits per heavy atom. The van der Waals surface area contributed by atoms with Crippen LogP contribution in [0.2, 0.25) is 0 Å². The number of rotatable bonds is 11. The number of hydrogen-bond donors (Lipinski definition) is 2. The summed E-state index contributed by atoms with van der Waals surface area (Å²) in [6.45, 7) is 0. The number of nitrogens with zero attached hydrogens (tertiary/aromatic N) is 5. The number of carbonyl (C=O) groups excluding carboxylic acids is 2. The normalized spacial score (nSPS) is 11.1. The third-order valence-electron chi connectivity index (χ3n) is 4.88. The molecule has 0 atom stereocenters. The van der Waals surface area contributed by atoms with Gasteiger partial charge in [0.1, 0.15) is 5.52 Å². The van der Waals surface area contributed by atoms with E-state index in [2.05, 4.69) is 34.3 Å². The number of hydrogen-bond acceptors (Lipinski definition) is 14. The van der Waals surface area contributed by atoms with Crippen LogP contribution in [0.4, 0.5) is 11.4 Å². The molecule has 10 nitrogen and oxygen atoms in total. The molecule has 3 heterocycles. The Balaban J connectivity index is 1.16. The van der Waals surface area contributed by atoms with Crippen molar-refractivity contribution >= 4 is 104 Å². The maximum atomic E-state index is 12.4. The fraction of sp³-hybridized carbons (Fsp3) is 0.174. The van der Waals surface area contributed by atoms with Crippen molar-refractivity contribution in [3.63, 3.8) is 0 Å². The van der Waals surface area contributed by atoms with E-state index in [1.54, 1.807) is 30.3 Å². The van der Waals surface area contributed by atoms with Gasteiger partial charge >= 0.3 is 0 Å². The quantitative estimate of drug-likeness (QED) is 0.163. The Kier molecular flexibility index (Phi) is 9.41. The van der Waals surface area contributed by atoms with Crippen LogP contribution in [-0.4, -0.2) is 59.5 Å². The van der Waals surface area contributed by atoms with E-state index in [1.807, 2.05) is 24.6 Å². The zero-order valence-electron chi connectivity index (χ0n) is 20.4. The van der Waals surface area contributed by atoms with Gasteiger partial charge in [0.05, 0.1) is 11.5 Å². The second-order valence-corrected chi connectivity index (χ2v) is 13.0. The van der Waals surface area contributed by atoms with Crippen LogP contribution in [0.1, 0.15) is 0 Å². The van der Waals surface area contributed by atoms with Crippen LogP contribution >= 0.6 is 70.1 Å². The Hall–Kier alpha value is -2.63. The molecule has 5 rings (SSSR count). The third-order valence-corrected chi connectivity index (χ3v) is 9.88. The highest BCUT2D eigenvalue weighted by atomic mass is 32.2. The zero-order valence-corrected chi connectivity index (χ0v) is 25.3. The molecule has 16 heteroatoms. The van der Waals surface area contributed by atoms with Crippen LogP contribution < -0.4 is 10.6 Å². The molecule has 0 bridgehead atoms. The summed E-state index contributed by atoms with van der Waals surface area (Å²) in [5.74, 6) is 0.645. The fourth-order valence-corrected chi connectivity index (χ4v) is 7.17. The average molecular weight is 634 g/mol. The molecule has 39 heavy (non-hydrogen) atoms. The lowest BCUT2D eigenvalue weighted by atomic mass is 10.2. The minimum atomic E-state index is -0.145. The van der Waals surface area contributed by atoms with E-state index in [-0.39, 0.29) is 23.3 Å². The molecule has 0 radical (unpaired) electrons. The van der Waals surface area contributed by atoms with Gasteiger partial charge in [-0.2, -0.15) is 8.75 Å². The summed E-state index contributed by atoms with van der Waals surface area (Å²) in [7, 11) is 0. The molecular formula is C23H19N7O3S6. The highest BCUT2D eigenvalue weighted by Gasteiger charge is 2.13. The molecule has 2 aromatic carbocycles. The summed E-state index contributed by atoms with van der Waals surface area (Å²) in [5.41, 5.74) is 3.29. The van der Waals surface area contributed by atoms with Crippen molar-refractivity contribution in [2.24, 2.45) is 0 Å². The standard InChI is InChI=1S/C23H19N7O3S6/c1-34-20-27-22(38-29-20)36-10-17(31)24-13-5-3-12(4-6-13)19-26-15-9-14(7-8-16(15)33-19)25-18(32)11-37-23-28-21(35-2)30-39-23/h3-9H,10-11H2,1-2H3,(H,24,31)(H,25,32). The van der Waals surface area contributed by atoms with Crippen molar-refractivity contribution in [2.75, 3.05) is 34.7 Å². The summed E-state index contributed by atoms with van der Waals surface area (Å²) in [4.78, 5) is 37.9. The van der Waals surface area contributed by atoms with E-state index < -0.39 is 0 Å². The first-order valence-corrected chi connectivity index (χ1v) is 17.1. The Bertz CT molecular complexity index is 1600. The average Bonchev–Trinajstić information content (AvgIpc) is 3.70. The number of benzene rings is 2. The van der Waals surface area contributed by atoms with Gasteiger partial charge in [0, 0.05) is 16.9 Å². The molecule has 200 valence electrons. The van der Waals surface area contributed by atoms with Crippen LogP contribution in [0.3, 0.4) is 0 Å². The van der Waals surface area contributed by atoms with Gasteiger partial charge in [0.25, 0.3) is 0 Å². The molecule has 0 aliphatic rings. The largest absolute Gasteiger partial charge is 0.436 e. The minimum absolute atomic E-state index is 0.128. The van der Waals surface area contributed by atoms with E-state index in [1.165, 1.54) is 70.1 Å². The lowest BCUT2D eigenvalue weighted by Crippen LogP contribution is -2.13. The molecule has 3 aromatic heterocycles. The maximum Gasteiger partial charge on any atom is 0.234 e. The van der Waals surface area contributed by atoms with E-state index in [0.717, 1.165) is 14.2 Å². The molecule has 0 saturated carbocycles. The van der Waals surface area contributed by atoms with E-state index in [0.29, 0.717) is 38.7 Å². The van der Waals surface area contributed by atoms with Gasteiger partial charge in [-0.1, -0.05) is 47.0 Å². The summed E-state index contributed by atoms with van der Waals surface area (Å²) >= 11 is 8.22. The molecule has 5 aromatic rings. The number of fused-ring (bicyclic) bond motifs is 1. The van der Waals surface area contributed by atoms with Crippen molar-refractivity contribution in [2.45, 2.75) is 19.0 Å². The second-order valence-electron chi connectivity index (χ2n) is 7.55. The molecule has 2 amide bonds. The minimum Gasteiger partial charge on any atom is -0.436 e. The molecule has 0 spiro atoms. The van der Waals surface area contributed by atoms with Gasteiger partial charge in [-0.3, -0.25) is 9.59 Å². The molecule has 0 unspecified atom stereocenters. The molecule has 0 aliphatic heterocycles. The van der Waals surface area contributed by atoms with Crippen molar-refractivity contribution in [1.82, 2.24) is 23.7 Å². The van der Waals surface area contributed by atoms with Crippen molar-refractivity contribution in [3.05, 3.63) is 42.5 Å². The van der Waals surface area contributed by atoms with Crippen LogP contribution in [0.15, 0.2) is 65.9 Å². The predicted octanol–water partition coefficient (Wildman–Crippen LogP) is 6.10. The number of thioether (sulfide) groups is 4. The number of aromatic nitrogens is 5. The number of oxazole rings is 1. The summed E-state index contributed by atoms with van der Waals surface area (Å²) in [6.07, 6.45) is 3.83.